The molecule has 25 heavy (non-hydrogen) atoms. The van der Waals surface area contributed by atoms with E-state index in [1.54, 1.807) is 13.0 Å². The molecule has 2 aromatic heterocycles. The summed E-state index contributed by atoms with van der Waals surface area (Å²) in [5.74, 6) is 1.14. The number of carbonyl (C=O) groups excluding carboxylic acids is 1. The van der Waals surface area contributed by atoms with E-state index in [0.717, 1.165) is 18.2 Å². The van der Waals surface area contributed by atoms with Crippen LogP contribution in [-0.2, 0) is 4.74 Å². The lowest BCUT2D eigenvalue weighted by molar-refractivity contribution is 0.0463. The SMILES string of the molecule is Cc1noc([C@H](NC(=O)c2cc3ccccc3o2)C2CCOCC2)n1. The summed E-state index contributed by atoms with van der Waals surface area (Å²) < 4.78 is 16.4. The minimum atomic E-state index is -0.356. The molecule has 1 atom stereocenters. The predicted octanol–water partition coefficient (Wildman–Crippen LogP) is 3.02. The Labute approximate surface area is 144 Å². The van der Waals surface area contributed by atoms with Crippen molar-refractivity contribution in [2.75, 3.05) is 13.2 Å². The van der Waals surface area contributed by atoms with Gasteiger partial charge in [0.1, 0.15) is 11.6 Å². The Kier molecular flexibility index (Phi) is 4.23. The fraction of sp³-hybridized carbons (Fsp3) is 0.389. The number of hydrogen-bond acceptors (Lipinski definition) is 6. The second-order valence-corrected chi connectivity index (χ2v) is 6.23. The third-order valence-corrected chi connectivity index (χ3v) is 4.48. The molecule has 130 valence electrons. The van der Waals surface area contributed by atoms with Crippen LogP contribution < -0.4 is 5.32 Å². The molecular weight excluding hydrogens is 322 g/mol. The van der Waals surface area contributed by atoms with Crippen LogP contribution in [0.1, 0.15) is 41.2 Å². The number of carbonyl (C=O) groups is 1. The van der Waals surface area contributed by atoms with E-state index in [0.29, 0.717) is 30.5 Å². The van der Waals surface area contributed by atoms with Crippen LogP contribution in [0, 0.1) is 12.8 Å². The Morgan fingerprint density at radius 2 is 2.08 bits per heavy atom. The van der Waals surface area contributed by atoms with Crippen LogP contribution in [0.15, 0.2) is 39.3 Å². The van der Waals surface area contributed by atoms with Crippen molar-refractivity contribution in [3.63, 3.8) is 0 Å². The number of aromatic nitrogens is 2. The van der Waals surface area contributed by atoms with Crippen molar-refractivity contribution >= 4 is 16.9 Å². The summed E-state index contributed by atoms with van der Waals surface area (Å²) in [4.78, 5) is 17.0. The summed E-state index contributed by atoms with van der Waals surface area (Å²) in [5, 5.41) is 7.76. The van der Waals surface area contributed by atoms with Crippen LogP contribution in [-0.4, -0.2) is 29.3 Å². The molecule has 0 aliphatic carbocycles. The van der Waals surface area contributed by atoms with Gasteiger partial charge in [-0.25, -0.2) is 0 Å². The van der Waals surface area contributed by atoms with Gasteiger partial charge in [0.15, 0.2) is 11.6 Å². The highest BCUT2D eigenvalue weighted by molar-refractivity contribution is 5.96. The zero-order chi connectivity index (χ0) is 17.2. The van der Waals surface area contributed by atoms with E-state index in [2.05, 4.69) is 15.5 Å². The quantitative estimate of drug-likeness (QED) is 0.784. The van der Waals surface area contributed by atoms with Crippen LogP contribution in [0.2, 0.25) is 0 Å². The number of rotatable bonds is 4. The Balaban J connectivity index is 1.59. The zero-order valence-electron chi connectivity index (χ0n) is 13.9. The molecule has 7 nitrogen and oxygen atoms in total. The molecule has 3 aromatic rings. The lowest BCUT2D eigenvalue weighted by atomic mass is 9.91. The smallest absolute Gasteiger partial charge is 0.287 e. The summed E-state index contributed by atoms with van der Waals surface area (Å²) in [5.41, 5.74) is 0.684. The first-order valence-corrected chi connectivity index (χ1v) is 8.38. The van der Waals surface area contributed by atoms with E-state index in [9.17, 15) is 4.79 Å². The van der Waals surface area contributed by atoms with Gasteiger partial charge in [0.25, 0.3) is 5.91 Å². The predicted molar refractivity (Wildman–Crippen MR) is 89.0 cm³/mol. The van der Waals surface area contributed by atoms with Gasteiger partial charge in [-0.15, -0.1) is 0 Å². The third kappa shape index (κ3) is 3.28. The van der Waals surface area contributed by atoms with E-state index in [-0.39, 0.29) is 23.6 Å². The maximum atomic E-state index is 12.7. The number of nitrogens with one attached hydrogen (secondary N) is 1. The minimum absolute atomic E-state index is 0.182. The molecule has 0 saturated carbocycles. The second-order valence-electron chi connectivity index (χ2n) is 6.23. The number of para-hydroxylation sites is 1. The van der Waals surface area contributed by atoms with Crippen molar-refractivity contribution in [1.29, 1.82) is 0 Å². The Bertz CT molecular complexity index is 846. The van der Waals surface area contributed by atoms with Crippen LogP contribution in [0.5, 0.6) is 0 Å². The molecule has 1 saturated heterocycles. The first kappa shape index (κ1) is 15.8. The minimum Gasteiger partial charge on any atom is -0.451 e. The van der Waals surface area contributed by atoms with E-state index >= 15 is 0 Å². The van der Waals surface area contributed by atoms with Crippen molar-refractivity contribution in [2.45, 2.75) is 25.8 Å². The number of aryl methyl sites for hydroxylation is 1. The highest BCUT2D eigenvalue weighted by Crippen LogP contribution is 2.30. The van der Waals surface area contributed by atoms with Crippen LogP contribution in [0.4, 0.5) is 0 Å². The third-order valence-electron chi connectivity index (χ3n) is 4.48. The zero-order valence-corrected chi connectivity index (χ0v) is 13.9. The van der Waals surface area contributed by atoms with Crippen molar-refractivity contribution in [1.82, 2.24) is 15.5 Å². The molecule has 1 aliphatic heterocycles. The second kappa shape index (κ2) is 6.68. The lowest BCUT2D eigenvalue weighted by Gasteiger charge is -2.28. The summed E-state index contributed by atoms with van der Waals surface area (Å²) in [6, 6.07) is 8.91. The largest absolute Gasteiger partial charge is 0.451 e. The van der Waals surface area contributed by atoms with Crippen LogP contribution >= 0.6 is 0 Å². The molecule has 3 heterocycles. The van der Waals surface area contributed by atoms with Gasteiger partial charge in [-0.2, -0.15) is 4.98 Å². The molecular formula is C18H19N3O4. The summed E-state index contributed by atoms with van der Waals surface area (Å²) >= 11 is 0. The van der Waals surface area contributed by atoms with E-state index < -0.39 is 0 Å². The lowest BCUT2D eigenvalue weighted by Crippen LogP contribution is -2.36. The van der Waals surface area contributed by atoms with Crippen molar-refractivity contribution in [3.8, 4) is 0 Å². The summed E-state index contributed by atoms with van der Waals surface area (Å²) in [6.07, 6.45) is 1.65. The average molecular weight is 341 g/mol. The molecule has 0 bridgehead atoms. The van der Waals surface area contributed by atoms with Gasteiger partial charge in [0.05, 0.1) is 0 Å². The van der Waals surface area contributed by atoms with Crippen molar-refractivity contribution in [2.24, 2.45) is 5.92 Å². The van der Waals surface area contributed by atoms with Crippen LogP contribution in [0.3, 0.4) is 0 Å². The Morgan fingerprint density at radius 3 is 2.80 bits per heavy atom. The topological polar surface area (TPSA) is 90.4 Å². The molecule has 1 aliphatic rings. The summed E-state index contributed by atoms with van der Waals surface area (Å²) in [6.45, 7) is 3.08. The molecule has 1 N–H and O–H groups in total. The molecule has 7 heteroatoms. The monoisotopic (exact) mass is 341 g/mol. The van der Waals surface area contributed by atoms with Crippen molar-refractivity contribution in [3.05, 3.63) is 47.8 Å². The first-order valence-electron chi connectivity index (χ1n) is 8.38. The van der Waals surface area contributed by atoms with Gasteiger partial charge >= 0.3 is 0 Å². The molecule has 0 spiro atoms. The maximum absolute atomic E-state index is 12.7. The van der Waals surface area contributed by atoms with Gasteiger partial charge in [-0.3, -0.25) is 4.79 Å². The highest BCUT2D eigenvalue weighted by Gasteiger charge is 2.32. The van der Waals surface area contributed by atoms with E-state index in [4.69, 9.17) is 13.7 Å². The number of benzene rings is 1. The average Bonchev–Trinajstić information content (AvgIpc) is 3.26. The fourth-order valence-electron chi connectivity index (χ4n) is 3.18. The molecule has 0 unspecified atom stereocenters. The number of fused-ring (bicyclic) bond motifs is 1. The number of amides is 1. The molecule has 0 radical (unpaired) electrons. The van der Waals surface area contributed by atoms with E-state index in [1.807, 2.05) is 24.3 Å². The normalized spacial score (nSPS) is 16.8. The molecule has 1 aromatic carbocycles. The molecule has 1 amide bonds. The number of furan rings is 1. The van der Waals surface area contributed by atoms with Gasteiger partial charge in [-0.1, -0.05) is 23.4 Å². The van der Waals surface area contributed by atoms with Gasteiger partial charge in [0, 0.05) is 18.6 Å². The van der Waals surface area contributed by atoms with Gasteiger partial charge in [-0.05, 0) is 37.8 Å². The van der Waals surface area contributed by atoms with Crippen LogP contribution in [0.25, 0.3) is 11.0 Å². The first-order chi connectivity index (χ1) is 12.2. The maximum Gasteiger partial charge on any atom is 0.287 e. The Hall–Kier alpha value is -2.67. The number of ether oxygens (including phenoxy) is 1. The van der Waals surface area contributed by atoms with Gasteiger partial charge < -0.3 is 19.0 Å². The van der Waals surface area contributed by atoms with Gasteiger partial charge in [0.2, 0.25) is 5.89 Å². The highest BCUT2D eigenvalue weighted by atomic mass is 16.5. The van der Waals surface area contributed by atoms with E-state index in [1.165, 1.54) is 0 Å². The standard InChI is InChI=1S/C18H19N3O4/c1-11-19-18(25-21-11)16(12-6-8-23-9-7-12)20-17(22)15-10-13-4-2-3-5-14(13)24-15/h2-5,10,12,16H,6-9H2,1H3,(H,20,22)/t16-/m1/s1. The van der Waals surface area contributed by atoms with Crippen molar-refractivity contribution < 1.29 is 18.5 Å². The fourth-order valence-corrected chi connectivity index (χ4v) is 3.18. The molecule has 4 rings (SSSR count). The summed E-state index contributed by atoms with van der Waals surface area (Å²) in [7, 11) is 0. The molecule has 1 fully saturated rings. The number of nitrogens with zero attached hydrogens (tertiary/aromatic N) is 2. The number of hydrogen-bond donors (Lipinski definition) is 1. The Morgan fingerprint density at radius 1 is 1.28 bits per heavy atom.